The number of rotatable bonds is 6. The molecule has 0 amide bonds. The second-order valence-electron chi connectivity index (χ2n) is 6.23. The summed E-state index contributed by atoms with van der Waals surface area (Å²) in [5.74, 6) is 0.640. The van der Waals surface area contributed by atoms with Gasteiger partial charge in [-0.25, -0.2) is 4.98 Å². The van der Waals surface area contributed by atoms with Crippen molar-refractivity contribution in [3.8, 4) is 17.5 Å². The fourth-order valence-corrected chi connectivity index (χ4v) is 2.56. The first-order valence-electron chi connectivity index (χ1n) is 8.61. The summed E-state index contributed by atoms with van der Waals surface area (Å²) in [6.45, 7) is 4.36. The molecule has 0 saturated carbocycles. The summed E-state index contributed by atoms with van der Waals surface area (Å²) in [7, 11) is 0. The lowest BCUT2D eigenvalue weighted by molar-refractivity contribution is 0.619. The molecule has 1 atom stereocenters. The number of nitriles is 1. The number of nitrogens with one attached hydrogen (secondary N) is 2. The zero-order valence-electron chi connectivity index (χ0n) is 15.2. The van der Waals surface area contributed by atoms with Crippen molar-refractivity contribution in [1.29, 1.82) is 10.7 Å². The molecule has 0 spiro atoms. The summed E-state index contributed by atoms with van der Waals surface area (Å²) in [6.07, 6.45) is 1.07. The van der Waals surface area contributed by atoms with Gasteiger partial charge in [0.05, 0.1) is 5.69 Å². The highest BCUT2D eigenvalue weighted by molar-refractivity contribution is 6.45. The van der Waals surface area contributed by atoms with Gasteiger partial charge in [0, 0.05) is 5.56 Å². The van der Waals surface area contributed by atoms with Crippen molar-refractivity contribution >= 4 is 28.3 Å². The minimum Gasteiger partial charge on any atom is -0.436 e. The van der Waals surface area contributed by atoms with E-state index in [9.17, 15) is 0 Å². The van der Waals surface area contributed by atoms with E-state index in [0.717, 1.165) is 23.1 Å². The van der Waals surface area contributed by atoms with Crippen LogP contribution < -0.4 is 11.2 Å². The molecule has 0 fully saturated rings. The van der Waals surface area contributed by atoms with Crippen molar-refractivity contribution in [2.24, 2.45) is 10.8 Å². The zero-order valence-corrected chi connectivity index (χ0v) is 15.2. The van der Waals surface area contributed by atoms with Crippen molar-refractivity contribution in [1.82, 2.24) is 4.98 Å². The maximum absolute atomic E-state index is 8.84. The van der Waals surface area contributed by atoms with E-state index in [-0.39, 0.29) is 11.5 Å². The predicted molar refractivity (Wildman–Crippen MR) is 107 cm³/mol. The smallest absolute Gasteiger partial charge is 0.227 e. The van der Waals surface area contributed by atoms with E-state index >= 15 is 0 Å². The number of aromatic nitrogens is 1. The SMILES string of the molecule is CCC(C)c1ccc2oc(-c3ccc(N/N=C(\C#N)C(=N)N)cc3)nc2c1. The number of benzene rings is 2. The van der Waals surface area contributed by atoms with Gasteiger partial charge < -0.3 is 10.2 Å². The molecule has 2 aromatic carbocycles. The lowest BCUT2D eigenvalue weighted by Gasteiger charge is -2.07. The first-order valence-corrected chi connectivity index (χ1v) is 8.61. The molecule has 27 heavy (non-hydrogen) atoms. The van der Waals surface area contributed by atoms with Crippen LogP contribution in [-0.4, -0.2) is 16.5 Å². The molecule has 0 radical (unpaired) electrons. The molecular weight excluding hydrogens is 340 g/mol. The fourth-order valence-electron chi connectivity index (χ4n) is 2.56. The third-order valence-corrected chi connectivity index (χ3v) is 4.38. The summed E-state index contributed by atoms with van der Waals surface area (Å²) >= 11 is 0. The average molecular weight is 360 g/mol. The molecule has 7 heteroatoms. The molecule has 4 N–H and O–H groups in total. The van der Waals surface area contributed by atoms with Crippen LogP contribution in [0.25, 0.3) is 22.6 Å². The van der Waals surface area contributed by atoms with E-state index in [1.54, 1.807) is 18.2 Å². The minimum atomic E-state index is -0.384. The summed E-state index contributed by atoms with van der Waals surface area (Å²) < 4.78 is 5.86. The van der Waals surface area contributed by atoms with Crippen molar-refractivity contribution in [3.63, 3.8) is 0 Å². The van der Waals surface area contributed by atoms with E-state index in [2.05, 4.69) is 41.5 Å². The molecule has 1 heterocycles. The van der Waals surface area contributed by atoms with E-state index in [1.807, 2.05) is 18.2 Å². The number of hydrazone groups is 1. The molecular formula is C20H20N6O. The summed E-state index contributed by atoms with van der Waals surface area (Å²) in [5.41, 5.74) is 12.1. The first-order chi connectivity index (χ1) is 13.0. The molecule has 3 aromatic rings. The van der Waals surface area contributed by atoms with Crippen molar-refractivity contribution in [2.45, 2.75) is 26.2 Å². The number of anilines is 1. The summed E-state index contributed by atoms with van der Waals surface area (Å²) in [6, 6.07) is 15.1. The number of hydrogen-bond donors (Lipinski definition) is 3. The molecule has 3 rings (SSSR count). The van der Waals surface area contributed by atoms with Gasteiger partial charge in [-0.3, -0.25) is 10.8 Å². The molecule has 0 bridgehead atoms. The van der Waals surface area contributed by atoms with E-state index in [1.165, 1.54) is 5.56 Å². The number of amidine groups is 1. The molecule has 0 aliphatic carbocycles. The van der Waals surface area contributed by atoms with Gasteiger partial charge in [0.15, 0.2) is 11.4 Å². The van der Waals surface area contributed by atoms with Crippen LogP contribution >= 0.6 is 0 Å². The molecule has 136 valence electrons. The molecule has 0 saturated heterocycles. The quantitative estimate of drug-likeness (QED) is 0.344. The number of hydrogen-bond acceptors (Lipinski definition) is 6. The van der Waals surface area contributed by atoms with E-state index in [0.29, 0.717) is 17.5 Å². The Hall–Kier alpha value is -3.66. The average Bonchev–Trinajstić information content (AvgIpc) is 3.11. The van der Waals surface area contributed by atoms with Gasteiger partial charge in [-0.1, -0.05) is 19.9 Å². The first kappa shape index (κ1) is 18.1. The van der Waals surface area contributed by atoms with Gasteiger partial charge in [0.1, 0.15) is 11.6 Å². The van der Waals surface area contributed by atoms with Crippen molar-refractivity contribution in [3.05, 3.63) is 48.0 Å². The Morgan fingerprint density at radius 3 is 2.70 bits per heavy atom. The maximum Gasteiger partial charge on any atom is 0.227 e. The highest BCUT2D eigenvalue weighted by Crippen LogP contribution is 2.28. The van der Waals surface area contributed by atoms with Crippen LogP contribution in [0.3, 0.4) is 0 Å². The Morgan fingerprint density at radius 1 is 1.33 bits per heavy atom. The van der Waals surface area contributed by atoms with Gasteiger partial charge in [-0.15, -0.1) is 0 Å². The molecule has 0 aliphatic rings. The van der Waals surface area contributed by atoms with E-state index < -0.39 is 0 Å². The molecule has 7 nitrogen and oxygen atoms in total. The lowest BCUT2D eigenvalue weighted by Crippen LogP contribution is -2.21. The Kier molecular flexibility index (Phi) is 5.18. The third-order valence-electron chi connectivity index (χ3n) is 4.38. The molecule has 1 aromatic heterocycles. The van der Waals surface area contributed by atoms with Crippen LogP contribution in [0.15, 0.2) is 52.0 Å². The Morgan fingerprint density at radius 2 is 2.07 bits per heavy atom. The number of fused-ring (bicyclic) bond motifs is 1. The number of nitrogens with two attached hydrogens (primary N) is 1. The van der Waals surface area contributed by atoms with E-state index in [4.69, 9.17) is 20.8 Å². The Bertz CT molecular complexity index is 1040. The van der Waals surface area contributed by atoms with Gasteiger partial charge >= 0.3 is 0 Å². The Labute approximate surface area is 157 Å². The van der Waals surface area contributed by atoms with Gasteiger partial charge in [0.25, 0.3) is 0 Å². The standard InChI is InChI=1S/C20H20N6O/c1-3-12(2)14-6-9-18-16(10-14)24-20(27-18)13-4-7-15(8-5-13)25-26-17(11-21)19(22)23/h4-10,12,25H,3H2,1-2H3,(H3,22,23)/b26-17+. The van der Waals surface area contributed by atoms with Gasteiger partial charge in [-0.2, -0.15) is 10.4 Å². The van der Waals surface area contributed by atoms with Crippen LogP contribution in [0.2, 0.25) is 0 Å². The van der Waals surface area contributed by atoms with Crippen LogP contribution in [0.5, 0.6) is 0 Å². The topological polar surface area (TPSA) is 124 Å². The van der Waals surface area contributed by atoms with Crippen LogP contribution in [0.4, 0.5) is 5.69 Å². The van der Waals surface area contributed by atoms with Crippen molar-refractivity contribution in [2.75, 3.05) is 5.43 Å². The monoisotopic (exact) mass is 360 g/mol. The van der Waals surface area contributed by atoms with Crippen LogP contribution in [0, 0.1) is 16.7 Å². The van der Waals surface area contributed by atoms with Crippen molar-refractivity contribution < 1.29 is 4.42 Å². The van der Waals surface area contributed by atoms with Crippen LogP contribution in [-0.2, 0) is 0 Å². The van der Waals surface area contributed by atoms with Crippen LogP contribution in [0.1, 0.15) is 31.7 Å². The normalized spacial score (nSPS) is 12.6. The number of oxazole rings is 1. The Balaban J connectivity index is 1.83. The predicted octanol–water partition coefficient (Wildman–Crippen LogP) is 4.24. The lowest BCUT2D eigenvalue weighted by atomic mass is 9.98. The summed E-state index contributed by atoms with van der Waals surface area (Å²) in [4.78, 5) is 4.60. The third kappa shape index (κ3) is 3.96. The molecule has 0 aliphatic heterocycles. The molecule has 1 unspecified atom stereocenters. The highest BCUT2D eigenvalue weighted by atomic mass is 16.3. The van der Waals surface area contributed by atoms with Gasteiger partial charge in [0.2, 0.25) is 11.6 Å². The zero-order chi connectivity index (χ0) is 19.4. The highest BCUT2D eigenvalue weighted by Gasteiger charge is 2.11. The summed E-state index contributed by atoms with van der Waals surface area (Å²) in [5, 5.41) is 19.9. The fraction of sp³-hybridized carbons (Fsp3) is 0.200. The number of nitrogens with zero attached hydrogens (tertiary/aromatic N) is 3. The largest absolute Gasteiger partial charge is 0.436 e. The minimum absolute atomic E-state index is 0.171. The second kappa shape index (κ2) is 7.70. The second-order valence-corrected chi connectivity index (χ2v) is 6.23. The van der Waals surface area contributed by atoms with Gasteiger partial charge in [-0.05, 0) is 54.3 Å². The maximum atomic E-state index is 8.84.